The van der Waals surface area contributed by atoms with Crippen LogP contribution in [0.25, 0.3) is 0 Å². The van der Waals surface area contributed by atoms with Gasteiger partial charge < -0.3 is 5.73 Å². The largest absolute Gasteiger partial charge is 0.399 e. The molecule has 1 heterocycles. The molecule has 0 spiro atoms. The molecule has 3 rings (SSSR count). The van der Waals surface area contributed by atoms with E-state index in [2.05, 4.69) is 24.0 Å². The first-order valence-corrected chi connectivity index (χ1v) is 7.30. The van der Waals surface area contributed by atoms with E-state index in [-0.39, 0.29) is 0 Å². The molecule has 0 unspecified atom stereocenters. The summed E-state index contributed by atoms with van der Waals surface area (Å²) in [4.78, 5) is 2.60. The minimum Gasteiger partial charge on any atom is -0.399 e. The predicted octanol–water partition coefficient (Wildman–Crippen LogP) is 3.41. The highest BCUT2D eigenvalue weighted by molar-refractivity contribution is 5.46. The lowest BCUT2D eigenvalue weighted by atomic mass is 9.83. The Balaban J connectivity index is 1.58. The van der Waals surface area contributed by atoms with Gasteiger partial charge in [0.1, 0.15) is 0 Å². The van der Waals surface area contributed by atoms with Gasteiger partial charge >= 0.3 is 0 Å². The molecule has 0 aromatic heterocycles. The average molecular weight is 244 g/mol. The molecule has 0 bridgehead atoms. The van der Waals surface area contributed by atoms with E-state index in [0.717, 1.165) is 30.6 Å². The molecule has 2 N–H and O–H groups in total. The minimum absolute atomic E-state index is 0.905. The van der Waals surface area contributed by atoms with Gasteiger partial charge in [0.15, 0.2) is 0 Å². The van der Waals surface area contributed by atoms with Crippen LogP contribution in [0.15, 0.2) is 18.2 Å². The number of nitrogens with two attached hydrogens (primary N) is 1. The molecule has 1 saturated carbocycles. The molecular weight excluding hydrogens is 220 g/mol. The van der Waals surface area contributed by atoms with Crippen molar-refractivity contribution in [3.63, 3.8) is 0 Å². The van der Waals surface area contributed by atoms with Crippen molar-refractivity contribution in [3.05, 3.63) is 29.3 Å². The maximum atomic E-state index is 5.86. The second-order valence-corrected chi connectivity index (χ2v) is 6.32. The predicted molar refractivity (Wildman–Crippen MR) is 76.1 cm³/mol. The number of fused-ring (bicyclic) bond motifs is 1. The third kappa shape index (κ3) is 2.54. The van der Waals surface area contributed by atoms with E-state index in [0.29, 0.717) is 0 Å². The zero-order valence-electron chi connectivity index (χ0n) is 11.4. The van der Waals surface area contributed by atoms with E-state index < -0.39 is 0 Å². The highest BCUT2D eigenvalue weighted by Crippen LogP contribution is 2.31. The maximum Gasteiger partial charge on any atom is 0.0317 e. The molecule has 2 aliphatic rings. The van der Waals surface area contributed by atoms with E-state index in [4.69, 9.17) is 5.73 Å². The topological polar surface area (TPSA) is 29.3 Å². The molecule has 0 atom stereocenters. The van der Waals surface area contributed by atoms with Crippen molar-refractivity contribution in [2.45, 2.75) is 45.7 Å². The van der Waals surface area contributed by atoms with E-state index in [9.17, 15) is 0 Å². The molecule has 1 aromatic carbocycles. The van der Waals surface area contributed by atoms with Crippen molar-refractivity contribution in [3.8, 4) is 0 Å². The van der Waals surface area contributed by atoms with Gasteiger partial charge in [0.25, 0.3) is 0 Å². The standard InChI is InChI=1S/C16H24N2/c1-12-2-4-13(5-3-12)9-18-10-14-6-7-16(17)8-15(14)11-18/h6-8,12-13H,2-5,9-11,17H2,1H3. The summed E-state index contributed by atoms with van der Waals surface area (Å²) in [6.45, 7) is 5.90. The number of benzene rings is 1. The van der Waals surface area contributed by atoms with Crippen molar-refractivity contribution < 1.29 is 0 Å². The number of rotatable bonds is 2. The van der Waals surface area contributed by atoms with Gasteiger partial charge in [0, 0.05) is 25.3 Å². The molecular formula is C16H24N2. The van der Waals surface area contributed by atoms with Crippen LogP contribution in [-0.4, -0.2) is 11.4 Å². The normalized spacial score (nSPS) is 28.3. The number of hydrogen-bond donors (Lipinski definition) is 1. The monoisotopic (exact) mass is 244 g/mol. The molecule has 2 nitrogen and oxygen atoms in total. The summed E-state index contributed by atoms with van der Waals surface area (Å²) in [5, 5.41) is 0. The first-order valence-electron chi connectivity index (χ1n) is 7.30. The van der Waals surface area contributed by atoms with Crippen molar-refractivity contribution >= 4 is 5.69 Å². The molecule has 1 aliphatic carbocycles. The van der Waals surface area contributed by atoms with Gasteiger partial charge in [-0.25, -0.2) is 0 Å². The zero-order valence-corrected chi connectivity index (χ0v) is 11.4. The fourth-order valence-corrected chi connectivity index (χ4v) is 3.49. The number of hydrogen-bond acceptors (Lipinski definition) is 2. The van der Waals surface area contributed by atoms with Gasteiger partial charge in [-0.2, -0.15) is 0 Å². The summed E-state index contributed by atoms with van der Waals surface area (Å²) < 4.78 is 0. The molecule has 18 heavy (non-hydrogen) atoms. The summed E-state index contributed by atoms with van der Waals surface area (Å²) in [7, 11) is 0. The molecule has 0 radical (unpaired) electrons. The average Bonchev–Trinajstić information content (AvgIpc) is 2.73. The maximum absolute atomic E-state index is 5.86. The van der Waals surface area contributed by atoms with Gasteiger partial charge in [-0.3, -0.25) is 4.90 Å². The van der Waals surface area contributed by atoms with Crippen molar-refractivity contribution in [1.82, 2.24) is 4.90 Å². The third-order valence-corrected chi connectivity index (χ3v) is 4.67. The molecule has 0 saturated heterocycles. The molecule has 1 fully saturated rings. The SMILES string of the molecule is CC1CCC(CN2Cc3ccc(N)cc3C2)CC1. The first kappa shape index (κ1) is 12.0. The number of anilines is 1. The molecule has 1 aromatic rings. The lowest BCUT2D eigenvalue weighted by Gasteiger charge is -2.29. The van der Waals surface area contributed by atoms with Crippen LogP contribution < -0.4 is 5.73 Å². The summed E-state index contributed by atoms with van der Waals surface area (Å²) in [5.41, 5.74) is 9.69. The number of nitrogen functional groups attached to an aromatic ring is 1. The van der Waals surface area contributed by atoms with E-state index in [1.807, 2.05) is 6.07 Å². The minimum atomic E-state index is 0.905. The van der Waals surface area contributed by atoms with Crippen LogP contribution in [0.1, 0.15) is 43.7 Å². The third-order valence-electron chi connectivity index (χ3n) is 4.67. The quantitative estimate of drug-likeness (QED) is 0.808. The lowest BCUT2D eigenvalue weighted by Crippen LogP contribution is -2.27. The van der Waals surface area contributed by atoms with Gasteiger partial charge in [-0.05, 0) is 47.9 Å². The summed E-state index contributed by atoms with van der Waals surface area (Å²) in [6.07, 6.45) is 5.71. The van der Waals surface area contributed by atoms with Crippen LogP contribution in [0.2, 0.25) is 0 Å². The zero-order chi connectivity index (χ0) is 12.5. The van der Waals surface area contributed by atoms with E-state index in [1.165, 1.54) is 43.4 Å². The lowest BCUT2D eigenvalue weighted by molar-refractivity contribution is 0.185. The molecule has 1 aliphatic heterocycles. The Labute approximate surface area is 110 Å². The van der Waals surface area contributed by atoms with Crippen LogP contribution in [0.4, 0.5) is 5.69 Å². The van der Waals surface area contributed by atoms with Crippen molar-refractivity contribution in [2.75, 3.05) is 12.3 Å². The Hall–Kier alpha value is -1.02. The Morgan fingerprint density at radius 1 is 1.11 bits per heavy atom. The molecule has 0 amide bonds. The van der Waals surface area contributed by atoms with Gasteiger partial charge in [-0.1, -0.05) is 25.8 Å². The van der Waals surface area contributed by atoms with Gasteiger partial charge in [-0.15, -0.1) is 0 Å². The molecule has 98 valence electrons. The van der Waals surface area contributed by atoms with Crippen molar-refractivity contribution in [1.29, 1.82) is 0 Å². The summed E-state index contributed by atoms with van der Waals surface area (Å²) >= 11 is 0. The van der Waals surface area contributed by atoms with Crippen LogP contribution in [-0.2, 0) is 13.1 Å². The Bertz CT molecular complexity index is 419. The Morgan fingerprint density at radius 2 is 1.83 bits per heavy atom. The van der Waals surface area contributed by atoms with E-state index in [1.54, 1.807) is 0 Å². The van der Waals surface area contributed by atoms with Crippen LogP contribution in [0.3, 0.4) is 0 Å². The Kier molecular flexibility index (Phi) is 3.29. The highest BCUT2D eigenvalue weighted by Gasteiger charge is 2.24. The van der Waals surface area contributed by atoms with Crippen LogP contribution in [0, 0.1) is 11.8 Å². The van der Waals surface area contributed by atoms with Gasteiger partial charge in [0.05, 0.1) is 0 Å². The summed E-state index contributed by atoms with van der Waals surface area (Å²) in [5.74, 6) is 1.88. The highest BCUT2D eigenvalue weighted by atomic mass is 15.1. The second kappa shape index (κ2) is 4.93. The Morgan fingerprint density at radius 3 is 2.61 bits per heavy atom. The first-order chi connectivity index (χ1) is 8.70. The van der Waals surface area contributed by atoms with E-state index >= 15 is 0 Å². The van der Waals surface area contributed by atoms with Crippen LogP contribution >= 0.6 is 0 Å². The fourth-order valence-electron chi connectivity index (χ4n) is 3.49. The summed E-state index contributed by atoms with van der Waals surface area (Å²) in [6, 6.07) is 6.39. The molecule has 2 heteroatoms. The fraction of sp³-hybridized carbons (Fsp3) is 0.625. The van der Waals surface area contributed by atoms with Crippen LogP contribution in [0.5, 0.6) is 0 Å². The van der Waals surface area contributed by atoms with Gasteiger partial charge in [0.2, 0.25) is 0 Å². The second-order valence-electron chi connectivity index (χ2n) is 6.32. The number of nitrogens with zero attached hydrogens (tertiary/aromatic N) is 1. The smallest absolute Gasteiger partial charge is 0.0317 e. The van der Waals surface area contributed by atoms with Crippen molar-refractivity contribution in [2.24, 2.45) is 11.8 Å².